The van der Waals surface area contributed by atoms with Gasteiger partial charge in [0.05, 0.1) is 6.04 Å². The van der Waals surface area contributed by atoms with Crippen molar-refractivity contribution in [2.45, 2.75) is 32.7 Å². The molecule has 1 atom stereocenters. The lowest BCUT2D eigenvalue weighted by Crippen LogP contribution is -2.43. The first-order valence-electron chi connectivity index (χ1n) is 5.38. The minimum absolute atomic E-state index is 0.0958. The van der Waals surface area contributed by atoms with E-state index >= 15 is 0 Å². The lowest BCUT2D eigenvalue weighted by Gasteiger charge is -2.34. The average Bonchev–Trinajstić information content (AvgIpc) is 2.18. The highest BCUT2D eigenvalue weighted by Gasteiger charge is 2.24. The molecule has 0 bridgehead atoms. The average molecular weight is 199 g/mol. The van der Waals surface area contributed by atoms with E-state index in [0.717, 1.165) is 32.5 Å². The Labute approximate surface area is 86.4 Å². The number of ether oxygens (including phenoxy) is 1. The number of likely N-dealkylation sites (tertiary alicyclic amines) is 1. The highest BCUT2D eigenvalue weighted by molar-refractivity contribution is 5.80. The molecular formula is C11H21NO2. The summed E-state index contributed by atoms with van der Waals surface area (Å²) >= 11 is 0. The fourth-order valence-corrected chi connectivity index (χ4v) is 2.00. The van der Waals surface area contributed by atoms with Gasteiger partial charge in [-0.2, -0.15) is 0 Å². The molecule has 0 aromatic heterocycles. The molecular weight excluding hydrogens is 178 g/mol. The number of rotatable bonds is 4. The molecule has 82 valence electrons. The van der Waals surface area contributed by atoms with Crippen LogP contribution in [0.5, 0.6) is 0 Å². The molecule has 0 aliphatic carbocycles. The maximum Gasteiger partial charge on any atom is 0.146 e. The Morgan fingerprint density at radius 2 is 2.07 bits per heavy atom. The number of hydrogen-bond acceptors (Lipinski definition) is 3. The number of carbonyl (C=O) groups is 1. The van der Waals surface area contributed by atoms with E-state index in [9.17, 15) is 4.79 Å². The third-order valence-corrected chi connectivity index (χ3v) is 3.19. The first-order chi connectivity index (χ1) is 6.65. The van der Waals surface area contributed by atoms with Crippen molar-refractivity contribution in [2.24, 2.45) is 5.92 Å². The topological polar surface area (TPSA) is 29.5 Å². The van der Waals surface area contributed by atoms with Crippen molar-refractivity contribution < 1.29 is 9.53 Å². The van der Waals surface area contributed by atoms with Gasteiger partial charge in [0, 0.05) is 13.7 Å². The quantitative estimate of drug-likeness (QED) is 0.684. The van der Waals surface area contributed by atoms with Crippen LogP contribution in [0.25, 0.3) is 0 Å². The van der Waals surface area contributed by atoms with Crippen molar-refractivity contribution in [3.05, 3.63) is 0 Å². The van der Waals surface area contributed by atoms with E-state index in [4.69, 9.17) is 4.74 Å². The Balaban J connectivity index is 2.31. The number of Topliss-reactive ketones (excluding diaryl/α,β-unsaturated/α-hetero) is 1. The molecule has 0 radical (unpaired) electrons. The molecule has 0 spiro atoms. The van der Waals surface area contributed by atoms with Gasteiger partial charge < -0.3 is 4.74 Å². The molecule has 3 nitrogen and oxygen atoms in total. The van der Waals surface area contributed by atoms with Gasteiger partial charge in [0.2, 0.25) is 0 Å². The Kier molecular flexibility index (Phi) is 4.55. The zero-order valence-corrected chi connectivity index (χ0v) is 9.45. The third-order valence-electron chi connectivity index (χ3n) is 3.19. The summed E-state index contributed by atoms with van der Waals surface area (Å²) in [4.78, 5) is 13.5. The number of nitrogens with zero attached hydrogens (tertiary/aromatic N) is 1. The van der Waals surface area contributed by atoms with Crippen molar-refractivity contribution in [1.29, 1.82) is 0 Å². The third kappa shape index (κ3) is 3.07. The molecule has 0 saturated carbocycles. The van der Waals surface area contributed by atoms with Gasteiger partial charge in [-0.1, -0.05) is 0 Å². The Morgan fingerprint density at radius 1 is 1.50 bits per heavy atom. The highest BCUT2D eigenvalue weighted by atomic mass is 16.5. The number of hydrogen-bond donors (Lipinski definition) is 0. The van der Waals surface area contributed by atoms with Crippen LogP contribution in [0.1, 0.15) is 26.7 Å². The maximum absolute atomic E-state index is 11.2. The second kappa shape index (κ2) is 5.47. The second-order valence-corrected chi connectivity index (χ2v) is 4.22. The van der Waals surface area contributed by atoms with Crippen LogP contribution >= 0.6 is 0 Å². The highest BCUT2D eigenvalue weighted by Crippen LogP contribution is 2.19. The van der Waals surface area contributed by atoms with Crippen molar-refractivity contribution in [1.82, 2.24) is 4.90 Å². The monoisotopic (exact) mass is 199 g/mol. The van der Waals surface area contributed by atoms with E-state index in [0.29, 0.717) is 5.92 Å². The van der Waals surface area contributed by atoms with E-state index in [2.05, 4.69) is 4.90 Å². The van der Waals surface area contributed by atoms with Gasteiger partial charge in [0.1, 0.15) is 5.78 Å². The molecule has 1 aliphatic heterocycles. The zero-order chi connectivity index (χ0) is 10.6. The lowest BCUT2D eigenvalue weighted by atomic mass is 9.96. The summed E-state index contributed by atoms with van der Waals surface area (Å²) in [5.74, 6) is 0.964. The van der Waals surface area contributed by atoms with Gasteiger partial charge >= 0.3 is 0 Å². The van der Waals surface area contributed by atoms with Crippen LogP contribution in [-0.4, -0.2) is 43.5 Å². The molecule has 1 unspecified atom stereocenters. The molecule has 1 saturated heterocycles. The van der Waals surface area contributed by atoms with E-state index < -0.39 is 0 Å². The van der Waals surface area contributed by atoms with E-state index in [1.54, 1.807) is 14.0 Å². The summed E-state index contributed by atoms with van der Waals surface area (Å²) < 4.78 is 5.14. The molecule has 0 amide bonds. The number of methoxy groups -OCH3 is 1. The van der Waals surface area contributed by atoms with Crippen LogP contribution in [0.2, 0.25) is 0 Å². The van der Waals surface area contributed by atoms with Gasteiger partial charge in [-0.05, 0) is 45.7 Å². The molecule has 1 heterocycles. The van der Waals surface area contributed by atoms with Crippen LogP contribution in [-0.2, 0) is 9.53 Å². The Bertz CT molecular complexity index is 186. The first kappa shape index (κ1) is 11.7. The van der Waals surface area contributed by atoms with E-state index in [1.165, 1.54) is 0 Å². The fraction of sp³-hybridized carbons (Fsp3) is 0.909. The smallest absolute Gasteiger partial charge is 0.146 e. The number of carbonyl (C=O) groups excluding carboxylic acids is 1. The predicted octanol–water partition coefficient (Wildman–Crippen LogP) is 1.32. The van der Waals surface area contributed by atoms with Crippen LogP contribution in [0.15, 0.2) is 0 Å². The molecule has 3 heteroatoms. The van der Waals surface area contributed by atoms with Gasteiger partial charge in [-0.25, -0.2) is 0 Å². The molecule has 1 rings (SSSR count). The van der Waals surface area contributed by atoms with Gasteiger partial charge in [0.25, 0.3) is 0 Å². The standard InChI is InChI=1S/C11H21NO2/c1-9(10(2)13)12-6-4-11(5-7-12)8-14-3/h9,11H,4-8H2,1-3H3. The minimum atomic E-state index is 0.0958. The SMILES string of the molecule is COCC1CCN(C(C)C(C)=O)CC1. The largest absolute Gasteiger partial charge is 0.384 e. The molecule has 14 heavy (non-hydrogen) atoms. The Hall–Kier alpha value is -0.410. The second-order valence-electron chi connectivity index (χ2n) is 4.22. The van der Waals surface area contributed by atoms with E-state index in [1.807, 2.05) is 6.92 Å². The summed E-state index contributed by atoms with van der Waals surface area (Å²) in [5, 5.41) is 0. The zero-order valence-electron chi connectivity index (χ0n) is 9.45. The summed E-state index contributed by atoms with van der Waals surface area (Å²) in [6.07, 6.45) is 2.32. The molecule has 1 aliphatic rings. The van der Waals surface area contributed by atoms with Crippen molar-refractivity contribution in [3.63, 3.8) is 0 Å². The van der Waals surface area contributed by atoms with Gasteiger partial charge in [-0.3, -0.25) is 9.69 Å². The molecule has 0 N–H and O–H groups in total. The van der Waals surface area contributed by atoms with Crippen LogP contribution < -0.4 is 0 Å². The Morgan fingerprint density at radius 3 is 2.50 bits per heavy atom. The van der Waals surface area contributed by atoms with Crippen LogP contribution in [0.3, 0.4) is 0 Å². The van der Waals surface area contributed by atoms with Gasteiger partial charge in [0.15, 0.2) is 0 Å². The van der Waals surface area contributed by atoms with Crippen LogP contribution in [0, 0.1) is 5.92 Å². The van der Waals surface area contributed by atoms with Crippen molar-refractivity contribution >= 4 is 5.78 Å². The summed E-state index contributed by atoms with van der Waals surface area (Å²) in [6.45, 7) is 6.61. The summed E-state index contributed by atoms with van der Waals surface area (Å²) in [5.41, 5.74) is 0. The fourth-order valence-electron chi connectivity index (χ4n) is 2.00. The first-order valence-corrected chi connectivity index (χ1v) is 5.38. The molecule has 1 fully saturated rings. The summed E-state index contributed by atoms with van der Waals surface area (Å²) in [6, 6.07) is 0.0958. The molecule has 0 aromatic carbocycles. The molecule has 0 aromatic rings. The summed E-state index contributed by atoms with van der Waals surface area (Å²) in [7, 11) is 1.75. The number of ketones is 1. The van der Waals surface area contributed by atoms with Gasteiger partial charge in [-0.15, -0.1) is 0 Å². The minimum Gasteiger partial charge on any atom is -0.384 e. The maximum atomic E-state index is 11.2. The van der Waals surface area contributed by atoms with Crippen molar-refractivity contribution in [3.8, 4) is 0 Å². The van der Waals surface area contributed by atoms with E-state index in [-0.39, 0.29) is 11.8 Å². The van der Waals surface area contributed by atoms with Crippen molar-refractivity contribution in [2.75, 3.05) is 26.8 Å². The lowest BCUT2D eigenvalue weighted by molar-refractivity contribution is -0.122. The normalized spacial score (nSPS) is 22.2. The van der Waals surface area contributed by atoms with Crippen LogP contribution in [0.4, 0.5) is 0 Å². The number of piperidine rings is 1. The predicted molar refractivity (Wildman–Crippen MR) is 56.3 cm³/mol.